The summed E-state index contributed by atoms with van der Waals surface area (Å²) in [5.41, 5.74) is 6.48. The van der Waals surface area contributed by atoms with E-state index in [2.05, 4.69) is 0 Å². The standard InChI is InChI=1S/C14H21N3O4/c1-20-11-3-4-13(17(18)19)14(8-11)16-6-5-12(21-2)7-10(16)9-15/h3-4,8,10,12H,5-7,9,15H2,1-2H3. The van der Waals surface area contributed by atoms with Crippen molar-refractivity contribution < 1.29 is 14.4 Å². The van der Waals surface area contributed by atoms with Gasteiger partial charge in [0.15, 0.2) is 0 Å². The highest BCUT2D eigenvalue weighted by Crippen LogP contribution is 2.36. The second-order valence-electron chi connectivity index (χ2n) is 5.08. The van der Waals surface area contributed by atoms with Gasteiger partial charge in [-0.1, -0.05) is 0 Å². The van der Waals surface area contributed by atoms with Crippen molar-refractivity contribution in [2.24, 2.45) is 5.73 Å². The van der Waals surface area contributed by atoms with Crippen LogP contribution in [0.5, 0.6) is 5.75 Å². The van der Waals surface area contributed by atoms with Crippen molar-refractivity contribution in [3.63, 3.8) is 0 Å². The smallest absolute Gasteiger partial charge is 0.292 e. The molecule has 0 spiro atoms. The molecule has 1 aliphatic heterocycles. The molecule has 116 valence electrons. The third-order valence-electron chi connectivity index (χ3n) is 3.96. The minimum Gasteiger partial charge on any atom is -0.497 e. The maximum absolute atomic E-state index is 11.3. The molecule has 2 N–H and O–H groups in total. The van der Waals surface area contributed by atoms with Crippen molar-refractivity contribution in [1.29, 1.82) is 0 Å². The van der Waals surface area contributed by atoms with Crippen molar-refractivity contribution in [2.75, 3.05) is 32.2 Å². The van der Waals surface area contributed by atoms with Gasteiger partial charge in [0.25, 0.3) is 5.69 Å². The molecule has 1 saturated heterocycles. The van der Waals surface area contributed by atoms with Gasteiger partial charge in [-0.3, -0.25) is 10.1 Å². The van der Waals surface area contributed by atoms with Crippen LogP contribution in [0.4, 0.5) is 11.4 Å². The minimum absolute atomic E-state index is 0.0227. The third kappa shape index (κ3) is 3.25. The molecular formula is C14H21N3O4. The number of hydrogen-bond donors (Lipinski definition) is 1. The number of rotatable bonds is 5. The maximum Gasteiger partial charge on any atom is 0.292 e. The average molecular weight is 295 g/mol. The molecule has 1 aromatic rings. The van der Waals surface area contributed by atoms with E-state index in [1.807, 2.05) is 4.90 Å². The molecule has 1 fully saturated rings. The fourth-order valence-electron chi connectivity index (χ4n) is 2.78. The fraction of sp³-hybridized carbons (Fsp3) is 0.571. The molecule has 0 radical (unpaired) electrons. The van der Waals surface area contributed by atoms with E-state index in [4.69, 9.17) is 15.2 Å². The van der Waals surface area contributed by atoms with E-state index in [1.54, 1.807) is 26.4 Å². The zero-order valence-electron chi connectivity index (χ0n) is 12.3. The van der Waals surface area contributed by atoms with Crippen molar-refractivity contribution in [1.82, 2.24) is 0 Å². The quantitative estimate of drug-likeness (QED) is 0.654. The van der Waals surface area contributed by atoms with E-state index < -0.39 is 0 Å². The van der Waals surface area contributed by atoms with E-state index in [0.29, 0.717) is 24.5 Å². The molecule has 7 nitrogen and oxygen atoms in total. The van der Waals surface area contributed by atoms with Gasteiger partial charge in [0.2, 0.25) is 0 Å². The average Bonchev–Trinajstić information content (AvgIpc) is 2.53. The summed E-state index contributed by atoms with van der Waals surface area (Å²) >= 11 is 0. The number of hydrogen-bond acceptors (Lipinski definition) is 6. The Bertz CT molecular complexity index is 509. The van der Waals surface area contributed by atoms with Crippen LogP contribution in [0.1, 0.15) is 12.8 Å². The predicted octanol–water partition coefficient (Wildman–Crippen LogP) is 1.55. The van der Waals surface area contributed by atoms with Crippen LogP contribution in [0.2, 0.25) is 0 Å². The number of nitro groups is 1. The number of methoxy groups -OCH3 is 2. The van der Waals surface area contributed by atoms with Gasteiger partial charge < -0.3 is 20.1 Å². The van der Waals surface area contributed by atoms with Gasteiger partial charge in [-0.2, -0.15) is 0 Å². The van der Waals surface area contributed by atoms with Crippen molar-refractivity contribution in [2.45, 2.75) is 25.0 Å². The van der Waals surface area contributed by atoms with Gasteiger partial charge in [-0.25, -0.2) is 0 Å². The highest BCUT2D eigenvalue weighted by Gasteiger charge is 2.31. The van der Waals surface area contributed by atoms with Crippen LogP contribution in [-0.2, 0) is 4.74 Å². The number of nitrogens with zero attached hydrogens (tertiary/aromatic N) is 2. The van der Waals surface area contributed by atoms with Gasteiger partial charge in [-0.15, -0.1) is 0 Å². The Balaban J connectivity index is 2.36. The van der Waals surface area contributed by atoms with Gasteiger partial charge >= 0.3 is 0 Å². The Morgan fingerprint density at radius 3 is 2.81 bits per heavy atom. The van der Waals surface area contributed by atoms with E-state index >= 15 is 0 Å². The molecule has 0 aromatic heterocycles. The largest absolute Gasteiger partial charge is 0.497 e. The molecule has 0 amide bonds. The first-order valence-corrected chi connectivity index (χ1v) is 6.92. The number of piperidine rings is 1. The highest BCUT2D eigenvalue weighted by atomic mass is 16.6. The molecule has 7 heteroatoms. The molecule has 2 atom stereocenters. The first-order chi connectivity index (χ1) is 10.1. The molecule has 1 aromatic carbocycles. The first-order valence-electron chi connectivity index (χ1n) is 6.92. The second kappa shape index (κ2) is 6.73. The summed E-state index contributed by atoms with van der Waals surface area (Å²) in [5.74, 6) is 0.597. The predicted molar refractivity (Wildman–Crippen MR) is 79.9 cm³/mol. The molecular weight excluding hydrogens is 274 g/mol. The van der Waals surface area contributed by atoms with Gasteiger partial charge in [-0.05, 0) is 18.9 Å². The molecule has 1 heterocycles. The van der Waals surface area contributed by atoms with Crippen LogP contribution in [0.15, 0.2) is 18.2 Å². The minimum atomic E-state index is -0.370. The van der Waals surface area contributed by atoms with Crippen LogP contribution >= 0.6 is 0 Å². The summed E-state index contributed by atoms with van der Waals surface area (Å²) in [4.78, 5) is 12.9. The van der Waals surface area contributed by atoms with Crippen LogP contribution in [0.3, 0.4) is 0 Å². The summed E-state index contributed by atoms with van der Waals surface area (Å²) < 4.78 is 10.6. The molecule has 1 aliphatic rings. The first kappa shape index (κ1) is 15.5. The second-order valence-corrected chi connectivity index (χ2v) is 5.08. The lowest BCUT2D eigenvalue weighted by Gasteiger charge is -2.39. The Labute approximate surface area is 123 Å². The Morgan fingerprint density at radius 2 is 2.24 bits per heavy atom. The zero-order valence-corrected chi connectivity index (χ0v) is 12.3. The van der Waals surface area contributed by atoms with Crippen molar-refractivity contribution in [3.8, 4) is 5.75 Å². The van der Waals surface area contributed by atoms with E-state index in [9.17, 15) is 10.1 Å². The number of benzene rings is 1. The lowest BCUT2D eigenvalue weighted by molar-refractivity contribution is -0.384. The molecule has 2 unspecified atom stereocenters. The lowest BCUT2D eigenvalue weighted by atomic mass is 9.98. The third-order valence-corrected chi connectivity index (χ3v) is 3.96. The van der Waals surface area contributed by atoms with Gasteiger partial charge in [0.05, 0.1) is 18.1 Å². The molecule has 0 saturated carbocycles. The number of ether oxygens (including phenoxy) is 2. The molecule has 2 rings (SSSR count). The molecule has 0 bridgehead atoms. The summed E-state index contributed by atoms with van der Waals surface area (Å²) in [6.45, 7) is 1.10. The van der Waals surface area contributed by atoms with Crippen molar-refractivity contribution in [3.05, 3.63) is 28.3 Å². The topological polar surface area (TPSA) is 90.9 Å². The van der Waals surface area contributed by atoms with E-state index in [1.165, 1.54) is 6.07 Å². The Morgan fingerprint density at radius 1 is 1.48 bits per heavy atom. The highest BCUT2D eigenvalue weighted by molar-refractivity contribution is 5.66. The summed E-state index contributed by atoms with van der Waals surface area (Å²) in [6, 6.07) is 4.80. The SMILES string of the molecule is COc1ccc([N+](=O)[O-])c(N2CCC(OC)CC2CN)c1. The van der Waals surface area contributed by atoms with Gasteiger partial charge in [0.1, 0.15) is 11.4 Å². The molecule has 21 heavy (non-hydrogen) atoms. The normalized spacial score (nSPS) is 22.1. The number of nitro benzene ring substituents is 1. The van der Waals surface area contributed by atoms with Crippen molar-refractivity contribution >= 4 is 11.4 Å². The van der Waals surface area contributed by atoms with E-state index in [0.717, 1.165) is 12.8 Å². The van der Waals surface area contributed by atoms with Crippen LogP contribution in [0, 0.1) is 10.1 Å². The number of anilines is 1. The summed E-state index contributed by atoms with van der Waals surface area (Å²) in [5, 5.41) is 11.3. The van der Waals surface area contributed by atoms with Gasteiger partial charge in [0, 0.05) is 38.4 Å². The van der Waals surface area contributed by atoms with Crippen LogP contribution < -0.4 is 15.4 Å². The zero-order chi connectivity index (χ0) is 15.4. The number of nitrogens with two attached hydrogens (primary N) is 1. The van der Waals surface area contributed by atoms with E-state index in [-0.39, 0.29) is 22.8 Å². The monoisotopic (exact) mass is 295 g/mol. The van der Waals surface area contributed by atoms with Crippen LogP contribution in [0.25, 0.3) is 0 Å². The molecule has 0 aliphatic carbocycles. The Kier molecular flexibility index (Phi) is 4.98. The lowest BCUT2D eigenvalue weighted by Crippen LogP contribution is -2.48. The maximum atomic E-state index is 11.3. The fourth-order valence-corrected chi connectivity index (χ4v) is 2.78. The summed E-state index contributed by atoms with van der Waals surface area (Å²) in [6.07, 6.45) is 1.74. The summed E-state index contributed by atoms with van der Waals surface area (Å²) in [7, 11) is 3.23. The Hall–Kier alpha value is -1.86. The van der Waals surface area contributed by atoms with Crippen LogP contribution in [-0.4, -0.2) is 44.4 Å².